The Kier molecular flexibility index (Phi) is 23.1. The van der Waals surface area contributed by atoms with Crippen LogP contribution in [0.4, 0.5) is 8.78 Å². The number of ketones is 2. The van der Waals surface area contributed by atoms with Crippen molar-refractivity contribution in [2.24, 2.45) is 5.73 Å². The van der Waals surface area contributed by atoms with Crippen LogP contribution in [0.15, 0.2) is 122 Å². The van der Waals surface area contributed by atoms with Crippen LogP contribution in [0.3, 0.4) is 0 Å². The van der Waals surface area contributed by atoms with Crippen LogP contribution in [-0.4, -0.2) is 117 Å². The molecule has 0 unspecified atom stereocenters. The second-order valence-electron chi connectivity index (χ2n) is 19.6. The fourth-order valence-corrected chi connectivity index (χ4v) is 8.81. The summed E-state index contributed by atoms with van der Waals surface area (Å²) in [6.07, 6.45) is 3.37. The van der Waals surface area contributed by atoms with Gasteiger partial charge >= 0.3 is 5.97 Å². The topological polar surface area (TPSA) is 287 Å². The Morgan fingerprint density at radius 1 is 0.576 bits per heavy atom. The van der Waals surface area contributed by atoms with Crippen LogP contribution in [0.5, 0.6) is 0 Å². The molecule has 0 aliphatic rings. The lowest BCUT2D eigenvalue weighted by atomic mass is 10.1. The van der Waals surface area contributed by atoms with Crippen molar-refractivity contribution in [3.05, 3.63) is 188 Å². The number of carboxylic acid groups (broad SMARTS) is 1. The largest absolute Gasteiger partial charge is 0.478 e. The number of aromatic carboxylic acids is 1. The molecule has 4 heterocycles. The Bertz CT molecular complexity index is 3750. The molecule has 4 aromatic carbocycles. The number of fused-ring (bicyclic) bond motifs is 2. The van der Waals surface area contributed by atoms with Gasteiger partial charge in [0, 0.05) is 85.4 Å². The summed E-state index contributed by atoms with van der Waals surface area (Å²) < 4.78 is 30.9. The fraction of sp³-hybridized carbons (Fsp3) is 0.267. The highest BCUT2D eigenvalue weighted by Gasteiger charge is 2.26. The number of carboxylic acids is 1. The van der Waals surface area contributed by atoms with Gasteiger partial charge < -0.3 is 36.6 Å². The highest BCUT2D eigenvalue weighted by molar-refractivity contribution is 6.31. The molecule has 8 rings (SSSR count). The first-order chi connectivity index (χ1) is 40.5. The summed E-state index contributed by atoms with van der Waals surface area (Å²) in [5, 5.41) is 26.5. The number of Topliss-reactive ketones (excluding diaryl/α,β-unsaturated/α-hetero) is 2. The fourth-order valence-electron chi connectivity index (χ4n) is 8.42. The van der Waals surface area contributed by atoms with Gasteiger partial charge in [0.15, 0.2) is 11.6 Å². The number of carbonyl (C=O) groups is 8. The van der Waals surface area contributed by atoms with Gasteiger partial charge in [0.2, 0.25) is 23.6 Å². The summed E-state index contributed by atoms with van der Waals surface area (Å²) in [5.41, 5.74) is 8.74. The predicted molar refractivity (Wildman–Crippen MR) is 314 cm³/mol. The average Bonchev–Trinajstić information content (AvgIpc) is 2.73. The summed E-state index contributed by atoms with van der Waals surface area (Å²) in [6.45, 7) is 9.18. The molecule has 0 atom stereocenters. The molecule has 21 nitrogen and oxygen atoms in total. The van der Waals surface area contributed by atoms with Gasteiger partial charge in [-0.3, -0.25) is 52.9 Å². The maximum atomic E-state index is 14.2. The lowest BCUT2D eigenvalue weighted by molar-refractivity contribution is -0.138. The lowest BCUT2D eigenvalue weighted by Gasteiger charge is -2.26. The van der Waals surface area contributed by atoms with E-state index in [9.17, 15) is 52.2 Å². The molecule has 5 amide bonds. The van der Waals surface area contributed by atoms with Gasteiger partial charge in [0.25, 0.3) is 5.91 Å². The van der Waals surface area contributed by atoms with Crippen molar-refractivity contribution in [3.63, 3.8) is 0 Å². The van der Waals surface area contributed by atoms with E-state index in [2.05, 4.69) is 36.1 Å². The Balaban J connectivity index is 0.000000243. The Hall–Kier alpha value is -9.32. The van der Waals surface area contributed by atoms with E-state index < -0.39 is 41.2 Å². The van der Waals surface area contributed by atoms with E-state index in [0.29, 0.717) is 39.6 Å². The second-order valence-corrected chi connectivity index (χ2v) is 20.4. The number of benzene rings is 4. The number of hydrogen-bond acceptors (Lipinski definition) is 13. The molecule has 0 saturated heterocycles. The Morgan fingerprint density at radius 2 is 1.01 bits per heavy atom. The van der Waals surface area contributed by atoms with E-state index in [-0.39, 0.29) is 113 Å². The summed E-state index contributed by atoms with van der Waals surface area (Å²) in [4.78, 5) is 111. The first kappa shape index (κ1) is 64.8. The molecule has 25 heteroatoms. The Labute approximate surface area is 497 Å². The van der Waals surface area contributed by atoms with Crippen molar-refractivity contribution < 1.29 is 52.2 Å². The maximum absolute atomic E-state index is 14.2. The monoisotopic (exact) mass is 1200 g/mol. The smallest absolute Gasteiger partial charge is 0.335 e. The zero-order valence-electron chi connectivity index (χ0n) is 47.2. The number of hydrogen-bond donors (Lipinski definition) is 5. The van der Waals surface area contributed by atoms with Crippen molar-refractivity contribution in [3.8, 4) is 0 Å². The van der Waals surface area contributed by atoms with Gasteiger partial charge in [-0.15, -0.1) is 0 Å². The van der Waals surface area contributed by atoms with Gasteiger partial charge in [0.05, 0.1) is 57.7 Å². The highest BCUT2D eigenvalue weighted by atomic mass is 35.5. The zero-order chi connectivity index (χ0) is 62.1. The molecule has 4 aromatic heterocycles. The van der Waals surface area contributed by atoms with E-state index in [1.54, 1.807) is 82.6 Å². The van der Waals surface area contributed by atoms with Gasteiger partial charge in [-0.1, -0.05) is 59.6 Å². The first-order valence-electron chi connectivity index (χ1n) is 26.5. The van der Waals surface area contributed by atoms with E-state index in [1.165, 1.54) is 75.5 Å². The van der Waals surface area contributed by atoms with Gasteiger partial charge in [-0.25, -0.2) is 13.6 Å². The number of halogens is 4. The molecule has 0 aliphatic carbocycles. The van der Waals surface area contributed by atoms with E-state index in [4.69, 9.17) is 28.9 Å². The average molecular weight is 1200 g/mol. The van der Waals surface area contributed by atoms with Gasteiger partial charge in [-0.2, -0.15) is 10.2 Å². The molecule has 0 aliphatic heterocycles. The van der Waals surface area contributed by atoms with Crippen molar-refractivity contribution in [2.75, 3.05) is 13.1 Å². The number of nitrogens with zero attached hydrogens (tertiary/aromatic N) is 8. The summed E-state index contributed by atoms with van der Waals surface area (Å²) in [5.74, 6) is -5.27. The predicted octanol–water partition coefficient (Wildman–Crippen LogP) is 7.73. The SMILES string of the molecule is CC(=O)c1nn(CC(=O)N(CC(=O)NCc2cccc(Cl)c2F)C(C)C)c2ccc(C(=O)NCc3ccccn3)cc12.CC(=O)c1nn(CC(=O)N(CC(=O)NCc2cccc(Cl)c2F)C(C)C)c2ccc(C(=O)O)cc12.NCc1ccccn1. The van der Waals surface area contributed by atoms with E-state index in [1.807, 2.05) is 24.3 Å². The number of aromatic nitrogens is 6. The van der Waals surface area contributed by atoms with Crippen LogP contribution in [-0.2, 0) is 58.4 Å². The summed E-state index contributed by atoms with van der Waals surface area (Å²) in [7, 11) is 0. The van der Waals surface area contributed by atoms with Crippen LogP contribution in [0.1, 0.15) is 106 Å². The normalized spacial score (nSPS) is 10.8. The molecule has 0 radical (unpaired) electrons. The number of rotatable bonds is 21. The van der Waals surface area contributed by atoms with Crippen LogP contribution in [0, 0.1) is 11.6 Å². The molecule has 444 valence electrons. The minimum atomic E-state index is -1.15. The van der Waals surface area contributed by atoms with Crippen molar-refractivity contribution >= 4 is 92.1 Å². The number of nitrogens with one attached hydrogen (secondary N) is 3. The molecular weight excluding hydrogens is 1140 g/mol. The third-order valence-corrected chi connectivity index (χ3v) is 13.5. The molecular formula is C60H62Cl2F2N12O9. The lowest BCUT2D eigenvalue weighted by Crippen LogP contribution is -2.45. The second kappa shape index (κ2) is 30.3. The van der Waals surface area contributed by atoms with Crippen LogP contribution in [0.25, 0.3) is 21.8 Å². The van der Waals surface area contributed by atoms with Crippen LogP contribution in [0.2, 0.25) is 10.0 Å². The van der Waals surface area contributed by atoms with Gasteiger partial charge in [-0.05, 0) is 100 Å². The summed E-state index contributed by atoms with van der Waals surface area (Å²) >= 11 is 11.6. The quantitative estimate of drug-likeness (QED) is 0.0431. The number of nitrogens with two attached hydrogens (primary N) is 1. The minimum absolute atomic E-state index is 0.0116. The molecule has 8 aromatic rings. The van der Waals surface area contributed by atoms with E-state index >= 15 is 0 Å². The van der Waals surface area contributed by atoms with Crippen molar-refractivity contribution in [1.82, 2.24) is 55.3 Å². The molecule has 0 fully saturated rings. The van der Waals surface area contributed by atoms with Crippen molar-refractivity contribution in [1.29, 1.82) is 0 Å². The van der Waals surface area contributed by atoms with Crippen molar-refractivity contribution in [2.45, 2.75) is 92.9 Å². The third kappa shape index (κ3) is 17.6. The number of pyridine rings is 2. The summed E-state index contributed by atoms with van der Waals surface area (Å²) in [6, 6.07) is 28.4. The molecule has 0 saturated carbocycles. The zero-order valence-corrected chi connectivity index (χ0v) is 48.8. The number of carbonyl (C=O) groups excluding carboxylic acids is 7. The third-order valence-electron chi connectivity index (χ3n) is 12.9. The van der Waals surface area contributed by atoms with Crippen LogP contribution < -0.4 is 21.7 Å². The maximum Gasteiger partial charge on any atom is 0.335 e. The number of amides is 5. The van der Waals surface area contributed by atoms with E-state index in [0.717, 1.165) is 5.69 Å². The van der Waals surface area contributed by atoms with Gasteiger partial charge in [0.1, 0.15) is 36.1 Å². The first-order valence-corrected chi connectivity index (χ1v) is 27.3. The highest BCUT2D eigenvalue weighted by Crippen LogP contribution is 2.24. The van der Waals surface area contributed by atoms with Crippen LogP contribution >= 0.6 is 23.2 Å². The molecule has 85 heavy (non-hydrogen) atoms. The molecule has 0 spiro atoms. The molecule has 6 N–H and O–H groups in total. The minimum Gasteiger partial charge on any atom is -0.478 e. The standard InChI is InChI=1S/C30H30ClFN6O4.C24H24ClFN4O5.C6H8N2/c1-18(2)37(16-26(40)34-14-21-7-6-9-24(31)28(21)32)27(41)17-38-25-11-10-20(13-23(25)29(36-38)19(3)39)30(42)35-15-22-8-4-5-12-33-22;1-13(2)29(11-20(32)27-10-16-5-4-6-18(25)22(16)26)21(33)12-30-19-8-7-15(24(34)35)9-17(19)23(28-30)14(3)31;7-5-6-3-1-2-4-8-6/h4-13,18H,14-17H2,1-3H3,(H,34,40)(H,35,42);4-9,13H,10-12H2,1-3H3,(H,27,32)(H,34,35);1-4H,5,7H2. The molecule has 0 bridgehead atoms. The Morgan fingerprint density at radius 3 is 1.40 bits per heavy atom.